The summed E-state index contributed by atoms with van der Waals surface area (Å²) in [5.41, 5.74) is 6.30. The minimum Gasteiger partial charge on any atom is -0.492 e. The van der Waals surface area contributed by atoms with Crippen LogP contribution in [-0.2, 0) is 6.54 Å². The van der Waals surface area contributed by atoms with Crippen LogP contribution >= 0.6 is 15.9 Å². The van der Waals surface area contributed by atoms with Crippen molar-refractivity contribution in [2.45, 2.75) is 19.1 Å². The minimum absolute atomic E-state index is 0.376. The molecule has 0 aliphatic rings. The molecular weight excluding hydrogens is 287 g/mol. The largest absolute Gasteiger partial charge is 0.492 e. The van der Waals surface area contributed by atoms with E-state index >= 15 is 0 Å². The average Bonchev–Trinajstić information content (AvgIpc) is 2.18. The van der Waals surface area contributed by atoms with E-state index in [4.69, 9.17) is 10.5 Å². The summed E-state index contributed by atoms with van der Waals surface area (Å²) < 4.78 is 41.2. The molecule has 2 nitrogen and oxygen atoms in total. The summed E-state index contributed by atoms with van der Waals surface area (Å²) in [7, 11) is 0. The Bertz CT molecular complexity index is 354. The summed E-state index contributed by atoms with van der Waals surface area (Å²) in [4.78, 5) is 0. The van der Waals surface area contributed by atoms with Gasteiger partial charge in [0.05, 0.1) is 17.5 Å². The van der Waals surface area contributed by atoms with Crippen LogP contribution < -0.4 is 10.5 Å². The van der Waals surface area contributed by atoms with Crippen molar-refractivity contribution in [2.24, 2.45) is 5.73 Å². The maximum Gasteiger partial charge on any atom is 0.392 e. The van der Waals surface area contributed by atoms with Crippen LogP contribution in [0.5, 0.6) is 5.75 Å². The Morgan fingerprint density at radius 2 is 2.00 bits per heavy atom. The first-order chi connectivity index (χ1) is 7.42. The number of hydrogen-bond donors (Lipinski definition) is 1. The standard InChI is InChI=1S/C10H11BrF3NO/c11-8-5-7(6-15)1-2-9(8)16-4-3-10(12,13)14/h1-2,5H,3-4,6,15H2. The van der Waals surface area contributed by atoms with E-state index in [0.29, 0.717) is 16.8 Å². The zero-order valence-electron chi connectivity index (χ0n) is 8.35. The quantitative estimate of drug-likeness (QED) is 0.926. The van der Waals surface area contributed by atoms with Gasteiger partial charge in [0.25, 0.3) is 0 Å². The van der Waals surface area contributed by atoms with Gasteiger partial charge in [0.15, 0.2) is 0 Å². The van der Waals surface area contributed by atoms with Crippen molar-refractivity contribution >= 4 is 15.9 Å². The van der Waals surface area contributed by atoms with E-state index in [1.165, 1.54) is 0 Å². The van der Waals surface area contributed by atoms with Crippen LogP contribution in [-0.4, -0.2) is 12.8 Å². The minimum atomic E-state index is -4.19. The van der Waals surface area contributed by atoms with E-state index in [-0.39, 0.29) is 6.61 Å². The zero-order chi connectivity index (χ0) is 12.2. The van der Waals surface area contributed by atoms with Crippen LogP contribution in [0.25, 0.3) is 0 Å². The fourth-order valence-corrected chi connectivity index (χ4v) is 1.61. The highest BCUT2D eigenvalue weighted by Gasteiger charge is 2.26. The molecule has 0 saturated carbocycles. The normalized spacial score (nSPS) is 11.6. The van der Waals surface area contributed by atoms with E-state index in [0.717, 1.165) is 5.56 Å². The van der Waals surface area contributed by atoms with Crippen molar-refractivity contribution in [2.75, 3.05) is 6.61 Å². The summed E-state index contributed by atoms with van der Waals surface area (Å²) in [6.07, 6.45) is -5.15. The molecule has 0 aliphatic carbocycles. The van der Waals surface area contributed by atoms with E-state index in [1.54, 1.807) is 18.2 Å². The molecule has 0 radical (unpaired) electrons. The molecule has 1 aromatic rings. The first-order valence-electron chi connectivity index (χ1n) is 4.60. The van der Waals surface area contributed by atoms with Gasteiger partial charge in [-0.3, -0.25) is 0 Å². The first kappa shape index (κ1) is 13.3. The van der Waals surface area contributed by atoms with E-state index in [2.05, 4.69) is 15.9 Å². The molecule has 0 atom stereocenters. The number of ether oxygens (including phenoxy) is 1. The predicted octanol–water partition coefficient (Wildman–Crippen LogP) is 3.24. The third-order valence-corrected chi connectivity index (χ3v) is 2.49. The van der Waals surface area contributed by atoms with Crippen LogP contribution in [0.1, 0.15) is 12.0 Å². The van der Waals surface area contributed by atoms with Gasteiger partial charge in [0.2, 0.25) is 0 Å². The summed E-state index contributed by atoms with van der Waals surface area (Å²) >= 11 is 3.21. The average molecular weight is 298 g/mol. The van der Waals surface area contributed by atoms with Gasteiger partial charge in [0.1, 0.15) is 5.75 Å². The van der Waals surface area contributed by atoms with Gasteiger partial charge in [-0.15, -0.1) is 0 Å². The summed E-state index contributed by atoms with van der Waals surface area (Å²) in [5.74, 6) is 0.390. The van der Waals surface area contributed by atoms with Gasteiger partial charge < -0.3 is 10.5 Å². The number of halogens is 4. The molecule has 16 heavy (non-hydrogen) atoms. The van der Waals surface area contributed by atoms with Gasteiger partial charge in [-0.25, -0.2) is 0 Å². The molecule has 0 aromatic heterocycles. The van der Waals surface area contributed by atoms with Crippen LogP contribution in [0, 0.1) is 0 Å². The van der Waals surface area contributed by atoms with Crippen molar-refractivity contribution < 1.29 is 17.9 Å². The second-order valence-electron chi connectivity index (χ2n) is 3.18. The molecule has 2 N–H and O–H groups in total. The van der Waals surface area contributed by atoms with Crippen molar-refractivity contribution in [1.29, 1.82) is 0 Å². The molecule has 1 aromatic carbocycles. The Labute approximate surface area is 99.7 Å². The number of nitrogens with two attached hydrogens (primary N) is 1. The van der Waals surface area contributed by atoms with E-state index in [9.17, 15) is 13.2 Å². The van der Waals surface area contributed by atoms with Gasteiger partial charge in [-0.1, -0.05) is 6.07 Å². The van der Waals surface area contributed by atoms with Crippen molar-refractivity contribution in [3.63, 3.8) is 0 Å². The number of benzene rings is 1. The smallest absolute Gasteiger partial charge is 0.392 e. The third-order valence-electron chi connectivity index (χ3n) is 1.88. The molecule has 0 aliphatic heterocycles. The van der Waals surface area contributed by atoms with Crippen LogP contribution in [0.2, 0.25) is 0 Å². The highest BCUT2D eigenvalue weighted by Crippen LogP contribution is 2.27. The lowest BCUT2D eigenvalue weighted by Gasteiger charge is -2.10. The number of alkyl halides is 3. The zero-order valence-corrected chi connectivity index (χ0v) is 9.94. The first-order valence-corrected chi connectivity index (χ1v) is 5.40. The topological polar surface area (TPSA) is 35.2 Å². The highest BCUT2D eigenvalue weighted by atomic mass is 79.9. The third kappa shape index (κ3) is 4.40. The summed E-state index contributed by atoms with van der Waals surface area (Å²) in [6, 6.07) is 5.04. The fraction of sp³-hybridized carbons (Fsp3) is 0.400. The van der Waals surface area contributed by atoms with Gasteiger partial charge >= 0.3 is 6.18 Å². The van der Waals surface area contributed by atoms with E-state index in [1.807, 2.05) is 0 Å². The molecular formula is C10H11BrF3NO. The maximum absolute atomic E-state index is 11.9. The predicted molar refractivity (Wildman–Crippen MR) is 58.2 cm³/mol. The molecule has 90 valence electrons. The van der Waals surface area contributed by atoms with E-state index < -0.39 is 12.6 Å². The Hall–Kier alpha value is -0.750. The molecule has 0 bridgehead atoms. The van der Waals surface area contributed by atoms with Crippen molar-refractivity contribution in [3.8, 4) is 5.75 Å². The summed E-state index contributed by atoms with van der Waals surface area (Å²) in [6.45, 7) is -0.00843. The van der Waals surface area contributed by atoms with Gasteiger partial charge in [-0.05, 0) is 33.6 Å². The fourth-order valence-electron chi connectivity index (χ4n) is 1.07. The molecule has 0 fully saturated rings. The second-order valence-corrected chi connectivity index (χ2v) is 4.04. The Balaban J connectivity index is 2.55. The SMILES string of the molecule is NCc1ccc(OCCC(F)(F)F)c(Br)c1. The molecule has 0 amide bonds. The van der Waals surface area contributed by atoms with Gasteiger partial charge in [0, 0.05) is 6.54 Å². The van der Waals surface area contributed by atoms with Crippen LogP contribution in [0.3, 0.4) is 0 Å². The van der Waals surface area contributed by atoms with Gasteiger partial charge in [-0.2, -0.15) is 13.2 Å². The number of hydrogen-bond acceptors (Lipinski definition) is 2. The molecule has 0 spiro atoms. The Morgan fingerprint density at radius 1 is 1.31 bits per heavy atom. The lowest BCUT2D eigenvalue weighted by Crippen LogP contribution is -2.13. The Morgan fingerprint density at radius 3 is 2.50 bits per heavy atom. The van der Waals surface area contributed by atoms with Crippen LogP contribution in [0.15, 0.2) is 22.7 Å². The lowest BCUT2D eigenvalue weighted by atomic mass is 10.2. The maximum atomic E-state index is 11.9. The Kier molecular flexibility index (Phi) is 4.61. The molecule has 1 rings (SSSR count). The van der Waals surface area contributed by atoms with Crippen molar-refractivity contribution in [1.82, 2.24) is 0 Å². The molecule has 6 heteroatoms. The second kappa shape index (κ2) is 5.54. The molecule has 0 heterocycles. The van der Waals surface area contributed by atoms with Crippen molar-refractivity contribution in [3.05, 3.63) is 28.2 Å². The summed E-state index contributed by atoms with van der Waals surface area (Å²) in [5, 5.41) is 0. The highest BCUT2D eigenvalue weighted by molar-refractivity contribution is 9.10. The molecule has 0 unspecified atom stereocenters. The van der Waals surface area contributed by atoms with Crippen LogP contribution in [0.4, 0.5) is 13.2 Å². The number of rotatable bonds is 4. The molecule has 0 saturated heterocycles. The monoisotopic (exact) mass is 297 g/mol. The lowest BCUT2D eigenvalue weighted by molar-refractivity contribution is -0.139.